The zero-order chi connectivity index (χ0) is 18.0. The first-order valence-electron chi connectivity index (χ1n) is 7.93. The molecule has 0 unspecified atom stereocenters. The molecule has 0 bridgehead atoms. The first-order valence-corrected chi connectivity index (χ1v) is 9.16. The highest BCUT2D eigenvalue weighted by molar-refractivity contribution is 7.98. The molecule has 1 amide bonds. The summed E-state index contributed by atoms with van der Waals surface area (Å²) in [6, 6.07) is 14.3. The summed E-state index contributed by atoms with van der Waals surface area (Å²) in [4.78, 5) is 26.1. The summed E-state index contributed by atoms with van der Waals surface area (Å²) in [5.74, 6) is -0.301. The van der Waals surface area contributed by atoms with E-state index in [-0.39, 0.29) is 29.1 Å². The molecule has 130 valence electrons. The molecule has 1 saturated heterocycles. The summed E-state index contributed by atoms with van der Waals surface area (Å²) >= 11 is 1.44. The lowest BCUT2D eigenvalue weighted by atomic mass is 9.95. The number of carbonyl (C=O) groups is 1. The molecule has 0 spiro atoms. The largest absolute Gasteiger partial charge is 0.336 e. The highest BCUT2D eigenvalue weighted by Crippen LogP contribution is 2.31. The van der Waals surface area contributed by atoms with Gasteiger partial charge >= 0.3 is 0 Å². The molecule has 2 N–H and O–H groups in total. The normalized spacial score (nSPS) is 19.8. The Labute approximate surface area is 150 Å². The van der Waals surface area contributed by atoms with Gasteiger partial charge in [0.15, 0.2) is 0 Å². The van der Waals surface area contributed by atoms with Crippen molar-refractivity contribution in [2.24, 2.45) is 5.73 Å². The molecular weight excluding hydrogens is 338 g/mol. The second-order valence-corrected chi connectivity index (χ2v) is 6.91. The van der Waals surface area contributed by atoms with Gasteiger partial charge in [0.1, 0.15) is 5.56 Å². The monoisotopic (exact) mass is 357 g/mol. The number of rotatable bonds is 4. The van der Waals surface area contributed by atoms with E-state index in [0.29, 0.717) is 13.1 Å². The minimum atomic E-state index is -0.512. The van der Waals surface area contributed by atoms with Crippen LogP contribution in [0.25, 0.3) is 0 Å². The lowest BCUT2D eigenvalue weighted by Gasteiger charge is -2.17. The van der Waals surface area contributed by atoms with E-state index < -0.39 is 4.92 Å². The van der Waals surface area contributed by atoms with Crippen LogP contribution in [0.1, 0.15) is 21.8 Å². The number of thioether (sulfide) groups is 1. The van der Waals surface area contributed by atoms with Gasteiger partial charge in [0, 0.05) is 36.0 Å². The van der Waals surface area contributed by atoms with E-state index in [1.807, 2.05) is 36.6 Å². The van der Waals surface area contributed by atoms with Crippen LogP contribution in [0.15, 0.2) is 53.4 Å². The van der Waals surface area contributed by atoms with E-state index >= 15 is 0 Å². The summed E-state index contributed by atoms with van der Waals surface area (Å²) in [6.45, 7) is 0.851. The van der Waals surface area contributed by atoms with E-state index in [1.165, 1.54) is 17.8 Å². The van der Waals surface area contributed by atoms with E-state index in [2.05, 4.69) is 0 Å². The molecule has 0 radical (unpaired) electrons. The molecule has 2 atom stereocenters. The molecule has 6 nitrogen and oxygen atoms in total. The van der Waals surface area contributed by atoms with Gasteiger partial charge in [-0.3, -0.25) is 14.9 Å². The summed E-state index contributed by atoms with van der Waals surface area (Å²) in [5.41, 5.74) is 7.28. The second-order valence-electron chi connectivity index (χ2n) is 6.03. The average Bonchev–Trinajstić information content (AvgIpc) is 3.03. The van der Waals surface area contributed by atoms with Gasteiger partial charge in [-0.05, 0) is 24.0 Å². The standard InChI is InChI=1S/C18H19N3O3S/c1-25-13-7-8-17(21(23)24)14(9-13)18(22)20-10-15(16(19)11-20)12-5-3-2-4-6-12/h2-9,15-16H,10-11,19H2,1H3/t15-,16+/m0/s1. The number of hydrogen-bond donors (Lipinski definition) is 1. The maximum atomic E-state index is 12.9. The van der Waals surface area contributed by atoms with E-state index in [1.54, 1.807) is 17.0 Å². The number of hydrogen-bond acceptors (Lipinski definition) is 5. The Hall–Kier alpha value is -2.38. The van der Waals surface area contributed by atoms with Crippen LogP contribution in [0, 0.1) is 10.1 Å². The SMILES string of the molecule is CSc1ccc([N+](=O)[O-])c(C(=O)N2C[C@@H](N)[C@H](c3ccccc3)C2)c1. The molecule has 1 heterocycles. The number of nitrogens with zero attached hydrogens (tertiary/aromatic N) is 2. The fourth-order valence-electron chi connectivity index (χ4n) is 3.19. The smallest absolute Gasteiger partial charge is 0.282 e. The zero-order valence-corrected chi connectivity index (χ0v) is 14.6. The highest BCUT2D eigenvalue weighted by Gasteiger charge is 2.36. The maximum Gasteiger partial charge on any atom is 0.282 e. The van der Waals surface area contributed by atoms with Crippen molar-refractivity contribution in [2.45, 2.75) is 16.9 Å². The summed E-state index contributed by atoms with van der Waals surface area (Å²) in [5, 5.41) is 11.3. The predicted molar refractivity (Wildman–Crippen MR) is 97.9 cm³/mol. The van der Waals surface area contributed by atoms with Crippen LogP contribution >= 0.6 is 11.8 Å². The van der Waals surface area contributed by atoms with Crippen molar-refractivity contribution in [3.8, 4) is 0 Å². The number of amides is 1. The number of likely N-dealkylation sites (tertiary alicyclic amines) is 1. The lowest BCUT2D eigenvalue weighted by molar-refractivity contribution is -0.385. The van der Waals surface area contributed by atoms with Crippen molar-refractivity contribution in [1.82, 2.24) is 4.90 Å². The zero-order valence-electron chi connectivity index (χ0n) is 13.8. The van der Waals surface area contributed by atoms with Crippen molar-refractivity contribution < 1.29 is 9.72 Å². The van der Waals surface area contributed by atoms with Crippen molar-refractivity contribution in [2.75, 3.05) is 19.3 Å². The summed E-state index contributed by atoms with van der Waals surface area (Å²) in [6.07, 6.45) is 1.87. The quantitative estimate of drug-likeness (QED) is 0.516. The average molecular weight is 357 g/mol. The van der Waals surface area contributed by atoms with Gasteiger partial charge in [-0.25, -0.2) is 0 Å². The number of carbonyl (C=O) groups excluding carboxylic acids is 1. The highest BCUT2D eigenvalue weighted by atomic mass is 32.2. The molecule has 0 aromatic heterocycles. The number of benzene rings is 2. The predicted octanol–water partition coefficient (Wildman–Crippen LogP) is 2.88. The first-order chi connectivity index (χ1) is 12.0. The van der Waals surface area contributed by atoms with Crippen LogP contribution in [-0.2, 0) is 0 Å². The van der Waals surface area contributed by atoms with E-state index in [0.717, 1.165) is 10.5 Å². The van der Waals surface area contributed by atoms with E-state index in [9.17, 15) is 14.9 Å². The Morgan fingerprint density at radius 1 is 1.24 bits per heavy atom. The van der Waals surface area contributed by atoms with Crippen LogP contribution in [0.5, 0.6) is 0 Å². The third-order valence-corrected chi connectivity index (χ3v) is 5.24. The van der Waals surface area contributed by atoms with Crippen molar-refractivity contribution in [3.05, 3.63) is 69.8 Å². The lowest BCUT2D eigenvalue weighted by Crippen LogP contribution is -2.32. The van der Waals surface area contributed by atoms with Gasteiger partial charge in [0.2, 0.25) is 0 Å². The van der Waals surface area contributed by atoms with Gasteiger partial charge in [-0.1, -0.05) is 30.3 Å². The maximum absolute atomic E-state index is 12.9. The molecule has 1 aliphatic heterocycles. The molecule has 2 aromatic carbocycles. The van der Waals surface area contributed by atoms with Crippen LogP contribution in [0.3, 0.4) is 0 Å². The van der Waals surface area contributed by atoms with Gasteiger partial charge < -0.3 is 10.6 Å². The summed E-state index contributed by atoms with van der Waals surface area (Å²) in [7, 11) is 0. The van der Waals surface area contributed by atoms with Crippen molar-refractivity contribution in [1.29, 1.82) is 0 Å². The Balaban J connectivity index is 1.88. The first kappa shape index (κ1) is 17.4. The Kier molecular flexibility index (Phi) is 5.06. The minimum absolute atomic E-state index is 0.0351. The molecule has 1 aliphatic rings. The second kappa shape index (κ2) is 7.25. The Bertz CT molecular complexity index is 797. The summed E-state index contributed by atoms with van der Waals surface area (Å²) < 4.78 is 0. The molecule has 7 heteroatoms. The third-order valence-electron chi connectivity index (χ3n) is 4.51. The minimum Gasteiger partial charge on any atom is -0.336 e. The van der Waals surface area contributed by atoms with Gasteiger partial charge in [0.25, 0.3) is 11.6 Å². The Morgan fingerprint density at radius 3 is 2.60 bits per heavy atom. The van der Waals surface area contributed by atoms with Gasteiger partial charge in [-0.2, -0.15) is 0 Å². The Morgan fingerprint density at radius 2 is 1.96 bits per heavy atom. The van der Waals surface area contributed by atoms with Crippen LogP contribution < -0.4 is 5.73 Å². The van der Waals surface area contributed by atoms with Crippen molar-refractivity contribution in [3.63, 3.8) is 0 Å². The number of nitrogens with two attached hydrogens (primary N) is 1. The third kappa shape index (κ3) is 3.52. The fraction of sp³-hybridized carbons (Fsp3) is 0.278. The molecule has 0 aliphatic carbocycles. The molecule has 25 heavy (non-hydrogen) atoms. The molecular formula is C18H19N3O3S. The number of nitro groups is 1. The fourth-order valence-corrected chi connectivity index (χ4v) is 3.63. The molecule has 3 rings (SSSR count). The van der Waals surface area contributed by atoms with Crippen LogP contribution in [-0.4, -0.2) is 41.1 Å². The van der Waals surface area contributed by atoms with Gasteiger partial charge in [-0.15, -0.1) is 11.8 Å². The molecule has 1 fully saturated rings. The number of nitro benzene ring substituents is 1. The molecule has 2 aromatic rings. The van der Waals surface area contributed by atoms with E-state index in [4.69, 9.17) is 5.73 Å². The topological polar surface area (TPSA) is 89.5 Å². The molecule has 0 saturated carbocycles. The van der Waals surface area contributed by atoms with Crippen LogP contribution in [0.4, 0.5) is 5.69 Å². The van der Waals surface area contributed by atoms with Crippen LogP contribution in [0.2, 0.25) is 0 Å². The van der Waals surface area contributed by atoms with Crippen molar-refractivity contribution >= 4 is 23.4 Å². The van der Waals surface area contributed by atoms with Gasteiger partial charge in [0.05, 0.1) is 4.92 Å².